The average Bonchev–Trinajstić information content (AvgIpc) is 3.15. The van der Waals surface area contributed by atoms with Gasteiger partial charge >= 0.3 is 12.4 Å². The van der Waals surface area contributed by atoms with E-state index < -0.39 is 46.9 Å². The molecule has 3 aromatic rings. The van der Waals surface area contributed by atoms with Crippen molar-refractivity contribution in [1.29, 1.82) is 0 Å². The number of halogens is 6. The van der Waals surface area contributed by atoms with E-state index in [0.29, 0.717) is 23.1 Å². The van der Waals surface area contributed by atoms with E-state index in [1.165, 1.54) is 0 Å². The Labute approximate surface area is 179 Å². The van der Waals surface area contributed by atoms with Crippen LogP contribution >= 0.6 is 0 Å². The van der Waals surface area contributed by atoms with Crippen LogP contribution in [0.5, 0.6) is 0 Å². The number of nitrogens with zero attached hydrogens (tertiary/aromatic N) is 3. The molecule has 1 aromatic carbocycles. The predicted molar refractivity (Wildman–Crippen MR) is 103 cm³/mol. The molecule has 0 bridgehead atoms. The molecule has 1 amide bonds. The van der Waals surface area contributed by atoms with Crippen LogP contribution in [0, 0.1) is 13.8 Å². The number of nitrogens with one attached hydrogen (secondary N) is 1. The maximum Gasteiger partial charge on any atom is 0.434 e. The molecule has 2 aromatic heterocycles. The Morgan fingerprint density at radius 1 is 1.00 bits per heavy atom. The number of hydrogen-bond donors (Lipinski definition) is 1. The summed E-state index contributed by atoms with van der Waals surface area (Å²) in [5.74, 6) is -1.53. The zero-order chi connectivity index (χ0) is 23.8. The summed E-state index contributed by atoms with van der Waals surface area (Å²) >= 11 is 0. The summed E-state index contributed by atoms with van der Waals surface area (Å²) in [5, 5.41) is 6.09. The van der Waals surface area contributed by atoms with Gasteiger partial charge < -0.3 is 5.32 Å². The van der Waals surface area contributed by atoms with Gasteiger partial charge in [-0.25, -0.2) is 9.67 Å². The molecule has 32 heavy (non-hydrogen) atoms. The van der Waals surface area contributed by atoms with Crippen molar-refractivity contribution in [3.63, 3.8) is 0 Å². The number of benzene rings is 1. The Morgan fingerprint density at radius 3 is 2.25 bits per heavy atom. The molecule has 5 nitrogen and oxygen atoms in total. The summed E-state index contributed by atoms with van der Waals surface area (Å²) < 4.78 is 79.8. The quantitative estimate of drug-likeness (QED) is 0.534. The lowest BCUT2D eigenvalue weighted by atomic mass is 10.00. The molecule has 0 aliphatic heterocycles. The molecule has 1 unspecified atom stereocenters. The van der Waals surface area contributed by atoms with Crippen molar-refractivity contribution in [2.75, 3.05) is 0 Å². The summed E-state index contributed by atoms with van der Waals surface area (Å²) in [6, 6.07) is 6.27. The van der Waals surface area contributed by atoms with E-state index in [1.54, 1.807) is 6.92 Å². The lowest BCUT2D eigenvalue weighted by molar-refractivity contribution is -0.143. The number of carbonyl (C=O) groups excluding carboxylic acids is 1. The van der Waals surface area contributed by atoms with Gasteiger partial charge in [-0.2, -0.15) is 31.4 Å². The fourth-order valence-corrected chi connectivity index (χ4v) is 3.22. The first-order chi connectivity index (χ1) is 14.8. The molecule has 2 heterocycles. The molecule has 0 fully saturated rings. The molecular formula is C21H18F6N4O. The number of alkyl halides is 6. The van der Waals surface area contributed by atoms with Crippen LogP contribution in [-0.4, -0.2) is 20.7 Å². The van der Waals surface area contributed by atoms with Crippen molar-refractivity contribution in [3.8, 4) is 5.82 Å². The van der Waals surface area contributed by atoms with Crippen LogP contribution in [0.2, 0.25) is 0 Å². The van der Waals surface area contributed by atoms with Gasteiger partial charge in [-0.1, -0.05) is 23.8 Å². The maximum atomic E-state index is 13.8. The average molecular weight is 456 g/mol. The molecule has 11 heteroatoms. The highest BCUT2D eigenvalue weighted by atomic mass is 19.4. The molecular weight excluding hydrogens is 438 g/mol. The van der Waals surface area contributed by atoms with E-state index in [4.69, 9.17) is 0 Å². The van der Waals surface area contributed by atoms with Gasteiger partial charge in [0.25, 0.3) is 5.91 Å². The Hall–Kier alpha value is -3.37. The van der Waals surface area contributed by atoms with Gasteiger partial charge in [0, 0.05) is 6.20 Å². The molecule has 0 saturated heterocycles. The van der Waals surface area contributed by atoms with E-state index >= 15 is 0 Å². The number of hydrogen-bond acceptors (Lipinski definition) is 3. The van der Waals surface area contributed by atoms with Crippen molar-refractivity contribution in [1.82, 2.24) is 20.1 Å². The zero-order valence-corrected chi connectivity index (χ0v) is 17.1. The summed E-state index contributed by atoms with van der Waals surface area (Å²) in [7, 11) is 0. The van der Waals surface area contributed by atoms with Crippen LogP contribution in [-0.2, 0) is 12.4 Å². The summed E-state index contributed by atoms with van der Waals surface area (Å²) in [6.45, 7) is 5.29. The number of pyridine rings is 1. The molecule has 0 aliphatic rings. The normalized spacial score (nSPS) is 13.2. The minimum atomic E-state index is -5.02. The Kier molecular flexibility index (Phi) is 6.03. The monoisotopic (exact) mass is 456 g/mol. The third-order valence-electron chi connectivity index (χ3n) is 4.82. The molecule has 1 atom stereocenters. The number of amides is 1. The van der Waals surface area contributed by atoms with E-state index in [1.807, 2.05) is 32.0 Å². The number of carbonyl (C=O) groups is 1. The van der Waals surface area contributed by atoms with Crippen LogP contribution in [0.1, 0.15) is 51.3 Å². The largest absolute Gasteiger partial charge is 0.434 e. The standard InChI is InChI=1S/C21H18F6N4O/c1-11-4-5-12(2)15(8-11)13(3)30-19(32)16-10-29-31(18(16)21(25,26)27)17-7-6-14(9-28-17)20(22,23)24/h4-10,13H,1-3H3,(H,30,32). The maximum absolute atomic E-state index is 13.8. The van der Waals surface area contributed by atoms with Crippen molar-refractivity contribution in [3.05, 3.63) is 76.2 Å². The van der Waals surface area contributed by atoms with E-state index in [0.717, 1.165) is 22.8 Å². The van der Waals surface area contributed by atoms with Crippen LogP contribution in [0.4, 0.5) is 26.3 Å². The van der Waals surface area contributed by atoms with Gasteiger partial charge in [0.2, 0.25) is 0 Å². The lowest BCUT2D eigenvalue weighted by Gasteiger charge is -2.18. The SMILES string of the molecule is Cc1ccc(C)c(C(C)NC(=O)c2cnn(-c3ccc(C(F)(F)F)cn3)c2C(F)(F)F)c1. The lowest BCUT2D eigenvalue weighted by Crippen LogP contribution is -2.29. The van der Waals surface area contributed by atoms with Gasteiger partial charge in [-0.15, -0.1) is 0 Å². The van der Waals surface area contributed by atoms with E-state index in [2.05, 4.69) is 15.4 Å². The highest BCUT2D eigenvalue weighted by Crippen LogP contribution is 2.34. The Morgan fingerprint density at radius 2 is 1.69 bits per heavy atom. The van der Waals surface area contributed by atoms with Crippen molar-refractivity contribution in [2.24, 2.45) is 0 Å². The zero-order valence-electron chi connectivity index (χ0n) is 17.1. The molecule has 0 spiro atoms. The smallest absolute Gasteiger partial charge is 0.345 e. The van der Waals surface area contributed by atoms with Gasteiger partial charge in [0.15, 0.2) is 11.5 Å². The second-order valence-electron chi connectivity index (χ2n) is 7.27. The first-order valence-electron chi connectivity index (χ1n) is 9.36. The Bertz CT molecular complexity index is 1130. The van der Waals surface area contributed by atoms with E-state index in [9.17, 15) is 31.1 Å². The van der Waals surface area contributed by atoms with Crippen LogP contribution in [0.15, 0.2) is 42.7 Å². The molecule has 1 N–H and O–H groups in total. The van der Waals surface area contributed by atoms with Gasteiger partial charge in [0.05, 0.1) is 23.4 Å². The highest BCUT2D eigenvalue weighted by Gasteiger charge is 2.41. The van der Waals surface area contributed by atoms with Gasteiger partial charge in [0.1, 0.15) is 0 Å². The van der Waals surface area contributed by atoms with Crippen molar-refractivity contribution >= 4 is 5.91 Å². The minimum absolute atomic E-state index is 0.303. The van der Waals surface area contributed by atoms with E-state index in [-0.39, 0.29) is 0 Å². The van der Waals surface area contributed by atoms with Crippen LogP contribution in [0.3, 0.4) is 0 Å². The van der Waals surface area contributed by atoms with Gasteiger partial charge in [-0.05, 0) is 44.0 Å². The molecule has 0 radical (unpaired) electrons. The topological polar surface area (TPSA) is 59.8 Å². The van der Waals surface area contributed by atoms with Crippen LogP contribution < -0.4 is 5.32 Å². The third-order valence-corrected chi connectivity index (χ3v) is 4.82. The highest BCUT2D eigenvalue weighted by molar-refractivity contribution is 5.95. The fraction of sp³-hybridized carbons (Fsp3) is 0.286. The Balaban J connectivity index is 1.96. The number of rotatable bonds is 4. The summed E-state index contributed by atoms with van der Waals surface area (Å²) in [4.78, 5) is 16.1. The molecule has 3 rings (SSSR count). The molecule has 170 valence electrons. The number of aromatic nitrogens is 3. The molecule has 0 aliphatic carbocycles. The third kappa shape index (κ3) is 4.76. The fourth-order valence-electron chi connectivity index (χ4n) is 3.22. The van der Waals surface area contributed by atoms with Gasteiger partial charge in [-0.3, -0.25) is 4.79 Å². The molecule has 0 saturated carbocycles. The second kappa shape index (κ2) is 8.29. The van der Waals surface area contributed by atoms with Crippen LogP contribution in [0.25, 0.3) is 5.82 Å². The first kappa shape index (κ1) is 23.3. The summed E-state index contributed by atoms with van der Waals surface area (Å²) in [5.41, 5.74) is -0.814. The first-order valence-corrected chi connectivity index (χ1v) is 9.36. The summed E-state index contributed by atoms with van der Waals surface area (Å²) in [6.07, 6.45) is -8.60. The van der Waals surface area contributed by atoms with Crippen molar-refractivity contribution in [2.45, 2.75) is 39.2 Å². The van der Waals surface area contributed by atoms with Crippen molar-refractivity contribution < 1.29 is 31.1 Å². The predicted octanol–water partition coefficient (Wildman–Crippen LogP) is 5.41. The number of aryl methyl sites for hydroxylation is 2. The minimum Gasteiger partial charge on any atom is -0.345 e. The second-order valence-corrected chi connectivity index (χ2v) is 7.27.